The van der Waals surface area contributed by atoms with Crippen LogP contribution in [-0.4, -0.2) is 10.5 Å². The predicted octanol–water partition coefficient (Wildman–Crippen LogP) is 4.52. The van der Waals surface area contributed by atoms with Crippen molar-refractivity contribution < 1.29 is 0 Å². The molecule has 1 aliphatic heterocycles. The Hall–Kier alpha value is -1.09. The van der Waals surface area contributed by atoms with Gasteiger partial charge in [-0.1, -0.05) is 30.3 Å². The molecule has 1 N–H and O–H groups in total. The maximum Gasteiger partial charge on any atom is 0.0331 e. The molecule has 2 heterocycles. The Balaban J connectivity index is 0.00000110. The van der Waals surface area contributed by atoms with E-state index in [9.17, 15) is 0 Å². The summed E-state index contributed by atoms with van der Waals surface area (Å²) in [6.45, 7) is 4.59. The first kappa shape index (κ1) is 18.0. The van der Waals surface area contributed by atoms with Gasteiger partial charge in [0.1, 0.15) is 0 Å². The third-order valence-electron chi connectivity index (χ3n) is 4.20. The Labute approximate surface area is 139 Å². The number of halogens is 2. The molecule has 1 aliphatic rings. The van der Waals surface area contributed by atoms with Gasteiger partial charge in [0.2, 0.25) is 0 Å². The first-order valence-electron chi connectivity index (χ1n) is 6.89. The molecule has 0 spiro atoms. The fraction of sp³-hybridized carbons (Fsp3) is 0.353. The number of aromatic nitrogens is 1. The van der Waals surface area contributed by atoms with Crippen LogP contribution in [0, 0.1) is 0 Å². The molecular weight excluding hydrogens is 303 g/mol. The van der Waals surface area contributed by atoms with Crippen LogP contribution in [0.5, 0.6) is 0 Å². The van der Waals surface area contributed by atoms with E-state index in [4.69, 9.17) is 0 Å². The second-order valence-corrected chi connectivity index (χ2v) is 5.90. The summed E-state index contributed by atoms with van der Waals surface area (Å²) >= 11 is 0. The van der Waals surface area contributed by atoms with E-state index in [0.717, 1.165) is 6.42 Å². The third-order valence-corrected chi connectivity index (χ3v) is 4.20. The zero-order valence-electron chi connectivity index (χ0n) is 12.3. The van der Waals surface area contributed by atoms with Crippen LogP contribution in [0.25, 0.3) is 0 Å². The third kappa shape index (κ3) is 3.76. The lowest BCUT2D eigenvalue weighted by atomic mass is 9.83. The monoisotopic (exact) mass is 324 g/mol. The van der Waals surface area contributed by atoms with Gasteiger partial charge in [-0.15, -0.1) is 24.8 Å². The molecule has 4 heteroatoms. The minimum absolute atomic E-state index is 0. The van der Waals surface area contributed by atoms with Gasteiger partial charge >= 0.3 is 0 Å². The van der Waals surface area contributed by atoms with Crippen molar-refractivity contribution in [3.63, 3.8) is 0 Å². The molecule has 0 saturated carbocycles. The smallest absolute Gasteiger partial charge is 0.0331 e. The standard InChI is InChI=1S/C17H20N2.2ClH/c1-17(2)15(13-8-10-18-11-9-13)12-16(19-17)14-6-4-3-5-7-14;;/h3-11,15-16,19H,12H2,1-2H3;2*1H/t15-,16-;;/m1../s1. The van der Waals surface area contributed by atoms with Crippen LogP contribution in [0.1, 0.15) is 43.4 Å². The van der Waals surface area contributed by atoms with Crippen LogP contribution in [0.4, 0.5) is 0 Å². The Morgan fingerprint density at radius 1 is 0.952 bits per heavy atom. The molecule has 2 atom stereocenters. The maximum absolute atomic E-state index is 4.12. The van der Waals surface area contributed by atoms with Crippen LogP contribution in [0.15, 0.2) is 54.9 Å². The molecule has 1 aromatic heterocycles. The van der Waals surface area contributed by atoms with E-state index in [1.165, 1.54) is 11.1 Å². The molecule has 0 radical (unpaired) electrons. The highest BCUT2D eigenvalue weighted by Crippen LogP contribution is 2.43. The zero-order chi connectivity index (χ0) is 13.3. The summed E-state index contributed by atoms with van der Waals surface area (Å²) in [7, 11) is 0. The summed E-state index contributed by atoms with van der Waals surface area (Å²) in [5.74, 6) is 0.528. The van der Waals surface area contributed by atoms with Crippen molar-refractivity contribution in [3.05, 3.63) is 66.0 Å². The summed E-state index contributed by atoms with van der Waals surface area (Å²) in [5.41, 5.74) is 2.88. The van der Waals surface area contributed by atoms with Crippen LogP contribution < -0.4 is 5.32 Å². The molecule has 0 amide bonds. The number of rotatable bonds is 2. The van der Waals surface area contributed by atoms with Crippen LogP contribution in [-0.2, 0) is 0 Å². The summed E-state index contributed by atoms with van der Waals surface area (Å²) in [4.78, 5) is 4.12. The van der Waals surface area contributed by atoms with Crippen molar-refractivity contribution >= 4 is 24.8 Å². The quantitative estimate of drug-likeness (QED) is 0.878. The lowest BCUT2D eigenvalue weighted by Crippen LogP contribution is -2.37. The molecule has 3 rings (SSSR count). The first-order valence-corrected chi connectivity index (χ1v) is 6.89. The molecular formula is C17H22Cl2N2. The van der Waals surface area contributed by atoms with Gasteiger partial charge in [-0.3, -0.25) is 4.98 Å². The molecule has 0 aliphatic carbocycles. The highest BCUT2D eigenvalue weighted by molar-refractivity contribution is 5.85. The van der Waals surface area contributed by atoms with Crippen molar-refractivity contribution in [1.29, 1.82) is 0 Å². The van der Waals surface area contributed by atoms with E-state index in [0.29, 0.717) is 12.0 Å². The van der Waals surface area contributed by atoms with Crippen molar-refractivity contribution in [1.82, 2.24) is 10.3 Å². The average Bonchev–Trinajstić information content (AvgIpc) is 2.77. The lowest BCUT2D eigenvalue weighted by molar-refractivity contribution is 0.397. The predicted molar refractivity (Wildman–Crippen MR) is 92.5 cm³/mol. The van der Waals surface area contributed by atoms with E-state index < -0.39 is 0 Å². The molecule has 1 saturated heterocycles. The number of nitrogens with one attached hydrogen (secondary N) is 1. The largest absolute Gasteiger partial charge is 0.304 e. The minimum Gasteiger partial charge on any atom is -0.304 e. The van der Waals surface area contributed by atoms with Gasteiger partial charge in [0, 0.05) is 29.9 Å². The molecule has 2 nitrogen and oxygen atoms in total. The van der Waals surface area contributed by atoms with Gasteiger partial charge in [-0.05, 0) is 43.5 Å². The van der Waals surface area contributed by atoms with E-state index in [1.54, 1.807) is 0 Å². The topological polar surface area (TPSA) is 24.9 Å². The lowest BCUT2D eigenvalue weighted by Gasteiger charge is -2.27. The number of benzene rings is 1. The molecule has 0 unspecified atom stereocenters. The fourth-order valence-electron chi connectivity index (χ4n) is 3.19. The van der Waals surface area contributed by atoms with Crippen molar-refractivity contribution in [2.45, 2.75) is 37.8 Å². The normalized spacial score (nSPS) is 23.0. The van der Waals surface area contributed by atoms with E-state index in [1.807, 2.05) is 12.4 Å². The van der Waals surface area contributed by atoms with Gasteiger partial charge in [0.25, 0.3) is 0 Å². The Morgan fingerprint density at radius 3 is 2.19 bits per heavy atom. The first-order chi connectivity index (χ1) is 9.17. The summed E-state index contributed by atoms with van der Waals surface area (Å²) < 4.78 is 0. The van der Waals surface area contributed by atoms with E-state index in [2.05, 4.69) is 66.6 Å². The molecule has 1 fully saturated rings. The molecule has 2 aromatic rings. The number of hydrogen-bond donors (Lipinski definition) is 1. The van der Waals surface area contributed by atoms with E-state index >= 15 is 0 Å². The Morgan fingerprint density at radius 2 is 1.57 bits per heavy atom. The average molecular weight is 325 g/mol. The molecule has 0 bridgehead atoms. The minimum atomic E-state index is 0. The Kier molecular flexibility index (Phi) is 6.21. The van der Waals surface area contributed by atoms with Gasteiger partial charge in [0.05, 0.1) is 0 Å². The number of pyridine rings is 1. The maximum atomic E-state index is 4.12. The van der Waals surface area contributed by atoms with E-state index in [-0.39, 0.29) is 30.4 Å². The fourth-order valence-corrected chi connectivity index (χ4v) is 3.19. The van der Waals surface area contributed by atoms with Crippen molar-refractivity contribution in [3.8, 4) is 0 Å². The molecule has 114 valence electrons. The summed E-state index contributed by atoms with van der Waals surface area (Å²) in [6, 6.07) is 15.4. The van der Waals surface area contributed by atoms with Crippen molar-refractivity contribution in [2.24, 2.45) is 0 Å². The summed E-state index contributed by atoms with van der Waals surface area (Å²) in [5, 5.41) is 3.77. The van der Waals surface area contributed by atoms with Gasteiger partial charge in [-0.2, -0.15) is 0 Å². The second-order valence-electron chi connectivity index (χ2n) is 5.90. The molecule has 1 aromatic carbocycles. The number of hydrogen-bond acceptors (Lipinski definition) is 2. The van der Waals surface area contributed by atoms with Crippen LogP contribution in [0.3, 0.4) is 0 Å². The highest BCUT2D eigenvalue weighted by atomic mass is 35.5. The van der Waals surface area contributed by atoms with Gasteiger partial charge < -0.3 is 5.32 Å². The highest BCUT2D eigenvalue weighted by Gasteiger charge is 2.40. The van der Waals surface area contributed by atoms with Gasteiger partial charge in [-0.25, -0.2) is 0 Å². The van der Waals surface area contributed by atoms with Gasteiger partial charge in [0.15, 0.2) is 0 Å². The molecule has 21 heavy (non-hydrogen) atoms. The summed E-state index contributed by atoms with van der Waals surface area (Å²) in [6.07, 6.45) is 4.92. The van der Waals surface area contributed by atoms with Crippen molar-refractivity contribution in [2.75, 3.05) is 0 Å². The number of nitrogens with zero attached hydrogens (tertiary/aromatic N) is 1. The zero-order valence-corrected chi connectivity index (χ0v) is 14.0. The second kappa shape index (κ2) is 7.26. The van der Waals surface area contributed by atoms with Crippen LogP contribution >= 0.6 is 24.8 Å². The SMILES string of the molecule is CC1(C)N[C@@H](c2ccccc2)C[C@@H]1c1ccncc1.Cl.Cl. The van der Waals surface area contributed by atoms with Crippen LogP contribution in [0.2, 0.25) is 0 Å². The Bertz CT molecular complexity index is 543.